The summed E-state index contributed by atoms with van der Waals surface area (Å²) in [6.07, 6.45) is 7.97. The molecule has 96 valence electrons. The van der Waals surface area contributed by atoms with Gasteiger partial charge in [0.2, 0.25) is 0 Å². The first-order valence-electron chi connectivity index (χ1n) is 6.90. The SMILES string of the molecule is CCCN(CCCN)CCCC1CCCO1. The second-order valence-electron chi connectivity index (χ2n) is 4.76. The van der Waals surface area contributed by atoms with Crippen LogP contribution in [0, 0.1) is 0 Å². The molecule has 1 rings (SSSR count). The molecule has 0 amide bonds. The lowest BCUT2D eigenvalue weighted by molar-refractivity contribution is 0.0986. The second-order valence-corrected chi connectivity index (χ2v) is 4.76. The normalized spacial score (nSPS) is 20.8. The van der Waals surface area contributed by atoms with Crippen molar-refractivity contribution in [3.05, 3.63) is 0 Å². The predicted molar refractivity (Wildman–Crippen MR) is 68.6 cm³/mol. The van der Waals surface area contributed by atoms with Gasteiger partial charge in [-0.15, -0.1) is 0 Å². The fourth-order valence-electron chi connectivity index (χ4n) is 2.38. The van der Waals surface area contributed by atoms with Gasteiger partial charge in [0, 0.05) is 6.61 Å². The molecule has 1 unspecified atom stereocenters. The summed E-state index contributed by atoms with van der Waals surface area (Å²) in [4.78, 5) is 2.54. The molecule has 1 aliphatic rings. The molecule has 0 aromatic carbocycles. The summed E-state index contributed by atoms with van der Waals surface area (Å²) in [7, 11) is 0. The van der Waals surface area contributed by atoms with Crippen molar-refractivity contribution < 1.29 is 4.74 Å². The van der Waals surface area contributed by atoms with E-state index in [1.165, 1.54) is 45.2 Å². The first-order valence-corrected chi connectivity index (χ1v) is 6.90. The lowest BCUT2D eigenvalue weighted by atomic mass is 10.1. The van der Waals surface area contributed by atoms with Gasteiger partial charge in [0.05, 0.1) is 6.10 Å². The highest BCUT2D eigenvalue weighted by molar-refractivity contribution is 4.66. The molecule has 1 saturated heterocycles. The molecule has 0 saturated carbocycles. The Bertz CT molecular complexity index is 158. The van der Waals surface area contributed by atoms with Crippen LogP contribution in [0.1, 0.15) is 45.4 Å². The van der Waals surface area contributed by atoms with Crippen molar-refractivity contribution in [1.82, 2.24) is 4.90 Å². The third-order valence-corrected chi connectivity index (χ3v) is 3.24. The third-order valence-electron chi connectivity index (χ3n) is 3.24. The van der Waals surface area contributed by atoms with Crippen LogP contribution in [-0.4, -0.2) is 43.8 Å². The van der Waals surface area contributed by atoms with Gasteiger partial charge in [-0.1, -0.05) is 6.92 Å². The summed E-state index contributed by atoms with van der Waals surface area (Å²) in [5.74, 6) is 0. The van der Waals surface area contributed by atoms with Crippen molar-refractivity contribution in [3.8, 4) is 0 Å². The van der Waals surface area contributed by atoms with Crippen LogP contribution in [0.3, 0.4) is 0 Å². The van der Waals surface area contributed by atoms with Crippen molar-refractivity contribution in [2.24, 2.45) is 5.73 Å². The number of nitrogens with two attached hydrogens (primary N) is 1. The number of rotatable bonds is 9. The summed E-state index contributed by atoms with van der Waals surface area (Å²) >= 11 is 0. The molecular formula is C13H28N2O. The van der Waals surface area contributed by atoms with E-state index < -0.39 is 0 Å². The third kappa shape index (κ3) is 5.83. The average Bonchev–Trinajstić information content (AvgIpc) is 2.79. The lowest BCUT2D eigenvalue weighted by Crippen LogP contribution is -2.28. The Morgan fingerprint density at radius 3 is 2.69 bits per heavy atom. The van der Waals surface area contributed by atoms with Crippen LogP contribution in [0.5, 0.6) is 0 Å². The Labute approximate surface area is 100 Å². The molecule has 1 aliphatic heterocycles. The van der Waals surface area contributed by atoms with E-state index in [0.717, 1.165) is 26.1 Å². The lowest BCUT2D eigenvalue weighted by Gasteiger charge is -2.22. The number of ether oxygens (including phenoxy) is 1. The molecule has 3 nitrogen and oxygen atoms in total. The maximum atomic E-state index is 5.64. The van der Waals surface area contributed by atoms with Gasteiger partial charge in [0.25, 0.3) is 0 Å². The first-order chi connectivity index (χ1) is 7.86. The molecule has 0 aromatic heterocycles. The number of nitrogens with zero attached hydrogens (tertiary/aromatic N) is 1. The Morgan fingerprint density at radius 2 is 2.06 bits per heavy atom. The highest BCUT2D eigenvalue weighted by Gasteiger charge is 2.15. The molecule has 0 aliphatic carbocycles. The van der Waals surface area contributed by atoms with Gasteiger partial charge in [-0.25, -0.2) is 0 Å². The minimum Gasteiger partial charge on any atom is -0.378 e. The molecule has 1 fully saturated rings. The maximum Gasteiger partial charge on any atom is 0.0576 e. The van der Waals surface area contributed by atoms with Gasteiger partial charge in [-0.2, -0.15) is 0 Å². The van der Waals surface area contributed by atoms with Gasteiger partial charge in [-0.05, 0) is 64.7 Å². The van der Waals surface area contributed by atoms with E-state index in [2.05, 4.69) is 11.8 Å². The largest absolute Gasteiger partial charge is 0.378 e. The Hall–Kier alpha value is -0.120. The number of hydrogen-bond acceptors (Lipinski definition) is 3. The van der Waals surface area contributed by atoms with Gasteiger partial charge in [0.1, 0.15) is 0 Å². The van der Waals surface area contributed by atoms with Crippen LogP contribution in [0.4, 0.5) is 0 Å². The maximum absolute atomic E-state index is 5.64. The fourth-order valence-corrected chi connectivity index (χ4v) is 2.38. The zero-order valence-corrected chi connectivity index (χ0v) is 10.8. The molecule has 1 heterocycles. The van der Waals surface area contributed by atoms with Crippen molar-refractivity contribution in [1.29, 1.82) is 0 Å². The van der Waals surface area contributed by atoms with Crippen LogP contribution in [0.2, 0.25) is 0 Å². The van der Waals surface area contributed by atoms with Crippen LogP contribution in [0.25, 0.3) is 0 Å². The zero-order chi connectivity index (χ0) is 11.6. The Balaban J connectivity index is 2.05. The van der Waals surface area contributed by atoms with Crippen LogP contribution in [0.15, 0.2) is 0 Å². The van der Waals surface area contributed by atoms with Crippen molar-refractivity contribution in [3.63, 3.8) is 0 Å². The Morgan fingerprint density at radius 1 is 1.25 bits per heavy atom. The second kappa shape index (κ2) is 8.97. The summed E-state index contributed by atoms with van der Waals surface area (Å²) in [5.41, 5.74) is 5.55. The minimum absolute atomic E-state index is 0.554. The Kier molecular flexibility index (Phi) is 7.81. The van der Waals surface area contributed by atoms with Crippen LogP contribution < -0.4 is 5.73 Å². The van der Waals surface area contributed by atoms with Crippen molar-refractivity contribution in [2.75, 3.05) is 32.8 Å². The molecular weight excluding hydrogens is 200 g/mol. The van der Waals surface area contributed by atoms with E-state index in [0.29, 0.717) is 6.10 Å². The van der Waals surface area contributed by atoms with Gasteiger partial charge in [0.15, 0.2) is 0 Å². The first kappa shape index (κ1) is 13.9. The van der Waals surface area contributed by atoms with E-state index in [4.69, 9.17) is 10.5 Å². The van der Waals surface area contributed by atoms with Gasteiger partial charge in [-0.3, -0.25) is 0 Å². The molecule has 0 radical (unpaired) electrons. The van der Waals surface area contributed by atoms with E-state index in [-0.39, 0.29) is 0 Å². The monoisotopic (exact) mass is 228 g/mol. The summed E-state index contributed by atoms with van der Waals surface area (Å²) in [5, 5.41) is 0. The van der Waals surface area contributed by atoms with Crippen molar-refractivity contribution in [2.45, 2.75) is 51.6 Å². The quantitative estimate of drug-likeness (QED) is 0.656. The smallest absolute Gasteiger partial charge is 0.0576 e. The van der Waals surface area contributed by atoms with Crippen LogP contribution in [-0.2, 0) is 4.74 Å². The van der Waals surface area contributed by atoms with E-state index >= 15 is 0 Å². The topological polar surface area (TPSA) is 38.5 Å². The molecule has 0 spiro atoms. The van der Waals surface area contributed by atoms with Gasteiger partial charge >= 0.3 is 0 Å². The molecule has 3 heteroatoms. The van der Waals surface area contributed by atoms with E-state index in [1.54, 1.807) is 0 Å². The summed E-state index contributed by atoms with van der Waals surface area (Å²) in [6.45, 7) is 7.63. The van der Waals surface area contributed by atoms with Gasteiger partial charge < -0.3 is 15.4 Å². The highest BCUT2D eigenvalue weighted by atomic mass is 16.5. The summed E-state index contributed by atoms with van der Waals surface area (Å²) in [6, 6.07) is 0. The standard InChI is InChI=1S/C13H28N2O/c1-2-9-15(11-5-8-14)10-3-6-13-7-4-12-16-13/h13H,2-12,14H2,1H3. The fraction of sp³-hybridized carbons (Fsp3) is 1.00. The minimum atomic E-state index is 0.554. The zero-order valence-electron chi connectivity index (χ0n) is 10.8. The molecule has 2 N–H and O–H groups in total. The van der Waals surface area contributed by atoms with Crippen LogP contribution >= 0.6 is 0 Å². The molecule has 0 aromatic rings. The van der Waals surface area contributed by atoms with E-state index in [1.807, 2.05) is 0 Å². The molecule has 1 atom stereocenters. The molecule has 16 heavy (non-hydrogen) atoms. The number of hydrogen-bond donors (Lipinski definition) is 1. The van der Waals surface area contributed by atoms with Crippen molar-refractivity contribution >= 4 is 0 Å². The predicted octanol–water partition coefficient (Wildman–Crippen LogP) is 2.01. The van der Waals surface area contributed by atoms with E-state index in [9.17, 15) is 0 Å². The summed E-state index contributed by atoms with van der Waals surface area (Å²) < 4.78 is 5.64. The average molecular weight is 228 g/mol. The molecule has 0 bridgehead atoms. The highest BCUT2D eigenvalue weighted by Crippen LogP contribution is 2.16.